The number of isocyanates is 1. The summed E-state index contributed by atoms with van der Waals surface area (Å²) in [6.45, 7) is 2.04. The summed E-state index contributed by atoms with van der Waals surface area (Å²) in [7, 11) is 0. The summed E-state index contributed by atoms with van der Waals surface area (Å²) >= 11 is 0. The maximum Gasteiger partial charge on any atom is 0.331 e. The molecule has 1 N–H and O–H groups in total. The SMILES string of the molecule is CCOC[C@@H](N=C=O)C(=O)O. The number of hydrogen-bond donors (Lipinski definition) is 1. The van der Waals surface area contributed by atoms with E-state index in [9.17, 15) is 9.59 Å². The fourth-order valence-electron chi connectivity index (χ4n) is 0.457. The molecule has 62 valence electrons. The Morgan fingerprint density at radius 1 is 1.82 bits per heavy atom. The largest absolute Gasteiger partial charge is 0.480 e. The zero-order valence-electron chi connectivity index (χ0n) is 6.11. The van der Waals surface area contributed by atoms with Gasteiger partial charge in [0.1, 0.15) is 0 Å². The number of ether oxygens (including phenoxy) is 1. The molecule has 0 aromatic carbocycles. The van der Waals surface area contributed by atoms with Crippen molar-refractivity contribution in [2.75, 3.05) is 13.2 Å². The molecule has 5 nitrogen and oxygen atoms in total. The van der Waals surface area contributed by atoms with Crippen LogP contribution in [0.5, 0.6) is 0 Å². The molecule has 0 aromatic heterocycles. The van der Waals surface area contributed by atoms with Crippen LogP contribution in [0.1, 0.15) is 6.92 Å². The van der Waals surface area contributed by atoms with Crippen molar-refractivity contribution in [3.05, 3.63) is 0 Å². The molecule has 0 saturated carbocycles. The van der Waals surface area contributed by atoms with E-state index in [-0.39, 0.29) is 6.61 Å². The van der Waals surface area contributed by atoms with E-state index in [0.717, 1.165) is 0 Å². The van der Waals surface area contributed by atoms with Crippen LogP contribution in [0.4, 0.5) is 0 Å². The van der Waals surface area contributed by atoms with Gasteiger partial charge in [0, 0.05) is 6.61 Å². The molecule has 0 aromatic rings. The summed E-state index contributed by atoms with van der Waals surface area (Å²) in [4.78, 5) is 22.9. The third-order valence-electron chi connectivity index (χ3n) is 0.973. The summed E-state index contributed by atoms with van der Waals surface area (Å²) in [5.74, 6) is -1.18. The molecule has 0 rings (SSSR count). The first kappa shape index (κ1) is 9.81. The highest BCUT2D eigenvalue weighted by Crippen LogP contribution is 1.91. The summed E-state index contributed by atoms with van der Waals surface area (Å²) in [6.07, 6.45) is 1.17. The van der Waals surface area contributed by atoms with Gasteiger partial charge in [-0.3, -0.25) is 0 Å². The molecule has 0 aliphatic carbocycles. The van der Waals surface area contributed by atoms with Gasteiger partial charge in [-0.05, 0) is 6.92 Å². The summed E-state index contributed by atoms with van der Waals surface area (Å²) in [5.41, 5.74) is 0. The molecule has 0 amide bonds. The minimum Gasteiger partial charge on any atom is -0.480 e. The number of nitrogens with zero attached hydrogens (tertiary/aromatic N) is 1. The fourth-order valence-corrected chi connectivity index (χ4v) is 0.457. The van der Waals surface area contributed by atoms with Gasteiger partial charge in [0.25, 0.3) is 0 Å². The standard InChI is InChI=1S/C6H9NO4/c1-2-11-3-5(6(9)10)7-4-8/h5H,2-3H2,1H3,(H,9,10)/t5-/m1/s1. The summed E-state index contributed by atoms with van der Waals surface area (Å²) in [6, 6.07) is -1.12. The van der Waals surface area contributed by atoms with Gasteiger partial charge in [-0.15, -0.1) is 0 Å². The average Bonchev–Trinajstić information content (AvgIpc) is 1.97. The lowest BCUT2D eigenvalue weighted by atomic mass is 10.3. The highest BCUT2D eigenvalue weighted by molar-refractivity contribution is 5.74. The van der Waals surface area contributed by atoms with Crippen molar-refractivity contribution in [1.29, 1.82) is 0 Å². The van der Waals surface area contributed by atoms with Gasteiger partial charge in [-0.2, -0.15) is 4.99 Å². The van der Waals surface area contributed by atoms with E-state index in [2.05, 4.69) is 4.99 Å². The monoisotopic (exact) mass is 159 g/mol. The highest BCUT2D eigenvalue weighted by Gasteiger charge is 2.15. The molecular formula is C6H9NO4. The van der Waals surface area contributed by atoms with Gasteiger partial charge in [0.2, 0.25) is 6.08 Å². The molecule has 0 aliphatic heterocycles. The average molecular weight is 159 g/mol. The van der Waals surface area contributed by atoms with Crippen LogP contribution in [0.25, 0.3) is 0 Å². The van der Waals surface area contributed by atoms with E-state index >= 15 is 0 Å². The Balaban J connectivity index is 3.89. The number of carbonyl (C=O) groups excluding carboxylic acids is 1. The molecule has 0 spiro atoms. The van der Waals surface area contributed by atoms with E-state index in [0.29, 0.717) is 6.61 Å². The minimum atomic E-state index is -1.18. The first-order chi connectivity index (χ1) is 5.22. The second-order valence-corrected chi connectivity index (χ2v) is 1.73. The Bertz CT molecular complexity index is 171. The predicted molar refractivity (Wildman–Crippen MR) is 36.0 cm³/mol. The molecule has 0 saturated heterocycles. The Labute approximate surface area is 63.7 Å². The lowest BCUT2D eigenvalue weighted by Gasteiger charge is -2.03. The van der Waals surface area contributed by atoms with Gasteiger partial charge in [-0.25, -0.2) is 9.59 Å². The van der Waals surface area contributed by atoms with Gasteiger partial charge in [0.15, 0.2) is 6.04 Å². The maximum absolute atomic E-state index is 10.2. The number of carboxylic acids is 1. The Morgan fingerprint density at radius 2 is 2.45 bits per heavy atom. The van der Waals surface area contributed by atoms with E-state index in [1.54, 1.807) is 6.92 Å². The van der Waals surface area contributed by atoms with Crippen LogP contribution < -0.4 is 0 Å². The zero-order chi connectivity index (χ0) is 8.69. The summed E-state index contributed by atoms with van der Waals surface area (Å²) in [5, 5.41) is 8.38. The van der Waals surface area contributed by atoms with Crippen molar-refractivity contribution in [2.24, 2.45) is 4.99 Å². The van der Waals surface area contributed by atoms with Crippen LogP contribution >= 0.6 is 0 Å². The van der Waals surface area contributed by atoms with E-state index in [1.807, 2.05) is 0 Å². The summed E-state index contributed by atoms with van der Waals surface area (Å²) < 4.78 is 4.76. The van der Waals surface area contributed by atoms with E-state index < -0.39 is 12.0 Å². The number of carboxylic acid groups (broad SMARTS) is 1. The normalized spacial score (nSPS) is 11.7. The molecule has 5 heteroatoms. The smallest absolute Gasteiger partial charge is 0.331 e. The topological polar surface area (TPSA) is 76.0 Å². The fraction of sp³-hybridized carbons (Fsp3) is 0.667. The molecule has 0 bridgehead atoms. The van der Waals surface area contributed by atoms with Crippen molar-refractivity contribution in [3.63, 3.8) is 0 Å². The van der Waals surface area contributed by atoms with Gasteiger partial charge >= 0.3 is 5.97 Å². The van der Waals surface area contributed by atoms with Crippen molar-refractivity contribution < 1.29 is 19.4 Å². The lowest BCUT2D eigenvalue weighted by molar-refractivity contribution is -0.139. The number of carbonyl (C=O) groups is 1. The minimum absolute atomic E-state index is 0.0823. The predicted octanol–water partition coefficient (Wildman–Crippen LogP) is -0.188. The molecule has 0 fully saturated rings. The zero-order valence-corrected chi connectivity index (χ0v) is 6.11. The Hall–Kier alpha value is -1.19. The van der Waals surface area contributed by atoms with E-state index in [1.165, 1.54) is 6.08 Å². The van der Waals surface area contributed by atoms with Gasteiger partial charge in [0.05, 0.1) is 6.61 Å². The first-order valence-electron chi connectivity index (χ1n) is 3.10. The van der Waals surface area contributed by atoms with Crippen LogP contribution in [0.2, 0.25) is 0 Å². The van der Waals surface area contributed by atoms with Crippen molar-refractivity contribution in [3.8, 4) is 0 Å². The van der Waals surface area contributed by atoms with Crippen LogP contribution in [0.3, 0.4) is 0 Å². The van der Waals surface area contributed by atoms with Crippen molar-refractivity contribution in [2.45, 2.75) is 13.0 Å². The highest BCUT2D eigenvalue weighted by atomic mass is 16.5. The molecular weight excluding hydrogens is 150 g/mol. The molecule has 0 heterocycles. The van der Waals surface area contributed by atoms with Crippen LogP contribution in [-0.4, -0.2) is 36.4 Å². The van der Waals surface area contributed by atoms with Gasteiger partial charge < -0.3 is 9.84 Å². The molecule has 0 unspecified atom stereocenters. The van der Waals surface area contributed by atoms with Crippen LogP contribution in [0, 0.1) is 0 Å². The Morgan fingerprint density at radius 3 is 2.82 bits per heavy atom. The third-order valence-corrected chi connectivity index (χ3v) is 0.973. The van der Waals surface area contributed by atoms with E-state index in [4.69, 9.17) is 9.84 Å². The van der Waals surface area contributed by atoms with Crippen LogP contribution in [-0.2, 0) is 14.3 Å². The maximum atomic E-state index is 10.2. The van der Waals surface area contributed by atoms with Crippen molar-refractivity contribution >= 4 is 12.0 Å². The first-order valence-corrected chi connectivity index (χ1v) is 3.10. The number of aliphatic imine (C=N–C) groups is 1. The van der Waals surface area contributed by atoms with Gasteiger partial charge in [-0.1, -0.05) is 0 Å². The van der Waals surface area contributed by atoms with Crippen molar-refractivity contribution in [1.82, 2.24) is 0 Å². The van der Waals surface area contributed by atoms with Crippen LogP contribution in [0.15, 0.2) is 4.99 Å². The number of hydrogen-bond acceptors (Lipinski definition) is 4. The number of rotatable bonds is 5. The number of aliphatic carboxylic acids is 1. The quantitative estimate of drug-likeness (QED) is 0.445. The Kier molecular flexibility index (Phi) is 4.98. The third kappa shape index (κ3) is 4.25. The second-order valence-electron chi connectivity index (χ2n) is 1.73. The molecule has 0 aliphatic rings. The molecule has 1 atom stereocenters. The second kappa shape index (κ2) is 5.58. The molecule has 11 heavy (non-hydrogen) atoms. The lowest BCUT2D eigenvalue weighted by Crippen LogP contribution is -2.23. The molecule has 0 radical (unpaired) electrons.